The number of piperidine rings is 2. The topological polar surface area (TPSA) is 45.2 Å². The van der Waals surface area contributed by atoms with Crippen LogP contribution in [0.5, 0.6) is 0 Å². The minimum absolute atomic E-state index is 0.0855. The van der Waals surface area contributed by atoms with E-state index in [1.807, 2.05) is 12.1 Å². The van der Waals surface area contributed by atoms with Gasteiger partial charge >= 0.3 is 0 Å². The zero-order valence-electron chi connectivity index (χ0n) is 9.39. The van der Waals surface area contributed by atoms with Crippen LogP contribution in [0.15, 0.2) is 24.5 Å². The molecule has 1 saturated carbocycles. The first-order chi connectivity index (χ1) is 7.80. The summed E-state index contributed by atoms with van der Waals surface area (Å²) < 4.78 is 0. The predicted molar refractivity (Wildman–Crippen MR) is 61.9 cm³/mol. The summed E-state index contributed by atoms with van der Waals surface area (Å²) in [5, 5.41) is 14.1. The molecule has 1 unspecified atom stereocenters. The number of pyridine rings is 1. The zero-order valence-corrected chi connectivity index (χ0v) is 9.39. The van der Waals surface area contributed by atoms with Crippen LogP contribution in [0.1, 0.15) is 37.4 Å². The number of hydrogen-bond donors (Lipinski definition) is 2. The Labute approximate surface area is 95.9 Å². The Morgan fingerprint density at radius 3 is 2.81 bits per heavy atom. The first kappa shape index (κ1) is 10.2. The van der Waals surface area contributed by atoms with E-state index in [9.17, 15) is 5.11 Å². The molecule has 2 aliphatic heterocycles. The summed E-state index contributed by atoms with van der Waals surface area (Å²) in [4.78, 5) is 4.09. The molecule has 0 aromatic carbocycles. The number of aliphatic hydroxyl groups is 1. The van der Waals surface area contributed by atoms with Gasteiger partial charge in [0.05, 0.1) is 6.10 Å². The van der Waals surface area contributed by atoms with E-state index < -0.39 is 6.10 Å². The van der Waals surface area contributed by atoms with Crippen LogP contribution >= 0.6 is 0 Å². The minimum Gasteiger partial charge on any atom is -0.386 e. The quantitative estimate of drug-likeness (QED) is 0.793. The summed E-state index contributed by atoms with van der Waals surface area (Å²) in [7, 11) is 0. The molecule has 1 aromatic rings. The second-order valence-electron chi connectivity index (χ2n) is 5.17. The summed E-state index contributed by atoms with van der Waals surface area (Å²) in [5.74, 6) is 0.836. The Kier molecular flexibility index (Phi) is 2.45. The Balaban J connectivity index is 1.86. The zero-order chi connectivity index (χ0) is 11.0. The minimum atomic E-state index is -0.414. The van der Waals surface area contributed by atoms with Crippen molar-refractivity contribution in [2.45, 2.75) is 37.3 Å². The third-order valence-corrected chi connectivity index (χ3v) is 4.26. The van der Waals surface area contributed by atoms with Crippen molar-refractivity contribution in [2.24, 2.45) is 5.92 Å². The van der Waals surface area contributed by atoms with Crippen LogP contribution in [0.4, 0.5) is 0 Å². The highest BCUT2D eigenvalue weighted by atomic mass is 16.3. The molecule has 1 aliphatic carbocycles. The fourth-order valence-electron chi connectivity index (χ4n) is 3.15. The van der Waals surface area contributed by atoms with Gasteiger partial charge in [-0.05, 0) is 44.2 Å². The van der Waals surface area contributed by atoms with Gasteiger partial charge in [-0.15, -0.1) is 0 Å². The summed E-state index contributed by atoms with van der Waals surface area (Å²) in [6.07, 6.45) is 7.80. The Morgan fingerprint density at radius 1 is 1.44 bits per heavy atom. The maximum atomic E-state index is 10.5. The van der Waals surface area contributed by atoms with Crippen molar-refractivity contribution in [2.75, 3.05) is 6.54 Å². The third-order valence-electron chi connectivity index (χ3n) is 4.26. The number of nitrogens with one attached hydrogen (secondary N) is 1. The van der Waals surface area contributed by atoms with E-state index in [4.69, 9.17) is 0 Å². The van der Waals surface area contributed by atoms with Crippen LogP contribution in [-0.2, 0) is 0 Å². The molecule has 0 radical (unpaired) electrons. The predicted octanol–water partition coefficient (Wildman–Crippen LogP) is 1.65. The molecule has 4 rings (SSSR count). The lowest BCUT2D eigenvalue weighted by Crippen LogP contribution is -2.59. The average Bonchev–Trinajstić information content (AvgIpc) is 2.41. The van der Waals surface area contributed by atoms with E-state index in [2.05, 4.69) is 10.3 Å². The molecule has 86 valence electrons. The van der Waals surface area contributed by atoms with Crippen LogP contribution in [0.3, 0.4) is 0 Å². The molecular formula is C13H18N2O. The third kappa shape index (κ3) is 1.55. The largest absolute Gasteiger partial charge is 0.386 e. The van der Waals surface area contributed by atoms with Crippen LogP contribution in [0, 0.1) is 5.92 Å². The van der Waals surface area contributed by atoms with Crippen molar-refractivity contribution in [1.29, 1.82) is 0 Å². The van der Waals surface area contributed by atoms with Crippen molar-refractivity contribution in [1.82, 2.24) is 10.3 Å². The number of hydrogen-bond acceptors (Lipinski definition) is 3. The van der Waals surface area contributed by atoms with Gasteiger partial charge in [0.15, 0.2) is 0 Å². The number of aliphatic hydroxyl groups excluding tert-OH is 1. The molecule has 3 aliphatic rings. The van der Waals surface area contributed by atoms with E-state index in [0.29, 0.717) is 0 Å². The summed E-state index contributed by atoms with van der Waals surface area (Å²) in [5.41, 5.74) is 0.855. The molecule has 3 nitrogen and oxygen atoms in total. The van der Waals surface area contributed by atoms with Crippen LogP contribution in [0.2, 0.25) is 0 Å². The van der Waals surface area contributed by atoms with Gasteiger partial charge in [0.1, 0.15) is 0 Å². The molecule has 0 spiro atoms. The maximum Gasteiger partial charge on any atom is 0.0986 e. The van der Waals surface area contributed by atoms with Crippen LogP contribution in [-0.4, -0.2) is 22.2 Å². The molecule has 2 N–H and O–H groups in total. The fraction of sp³-hybridized carbons (Fsp3) is 0.615. The lowest BCUT2D eigenvalue weighted by Gasteiger charge is -2.50. The number of nitrogens with zero attached hydrogens (tertiary/aromatic N) is 1. The Hall–Kier alpha value is -0.930. The lowest BCUT2D eigenvalue weighted by atomic mass is 9.68. The van der Waals surface area contributed by atoms with E-state index >= 15 is 0 Å². The van der Waals surface area contributed by atoms with Crippen LogP contribution < -0.4 is 5.32 Å². The molecule has 3 heteroatoms. The standard InChI is InChI=1S/C13H18N2O/c16-12(11-2-1-7-14-9-11)13-5-3-10(4-6-13)8-15-13/h1-2,7,9-10,12,15-16H,3-6,8H2. The van der Waals surface area contributed by atoms with Crippen molar-refractivity contribution in [3.05, 3.63) is 30.1 Å². The second kappa shape index (κ2) is 3.82. The highest BCUT2D eigenvalue weighted by Gasteiger charge is 2.45. The number of aromatic nitrogens is 1. The molecule has 1 atom stereocenters. The van der Waals surface area contributed by atoms with Gasteiger partial charge in [-0.2, -0.15) is 0 Å². The smallest absolute Gasteiger partial charge is 0.0986 e. The monoisotopic (exact) mass is 218 g/mol. The second-order valence-corrected chi connectivity index (χ2v) is 5.17. The number of fused-ring (bicyclic) bond motifs is 3. The molecular weight excluding hydrogens is 200 g/mol. The normalized spacial score (nSPS) is 34.9. The van der Waals surface area contributed by atoms with Crippen molar-refractivity contribution >= 4 is 0 Å². The molecule has 3 fully saturated rings. The van der Waals surface area contributed by atoms with E-state index in [0.717, 1.165) is 30.9 Å². The van der Waals surface area contributed by atoms with E-state index in [-0.39, 0.29) is 5.54 Å². The average molecular weight is 218 g/mol. The van der Waals surface area contributed by atoms with Crippen molar-refractivity contribution in [3.8, 4) is 0 Å². The Morgan fingerprint density at radius 2 is 2.25 bits per heavy atom. The Bertz CT molecular complexity index is 344. The first-order valence-corrected chi connectivity index (χ1v) is 6.13. The van der Waals surface area contributed by atoms with Gasteiger partial charge in [-0.3, -0.25) is 4.98 Å². The molecule has 0 amide bonds. The first-order valence-electron chi connectivity index (χ1n) is 6.13. The molecule has 16 heavy (non-hydrogen) atoms. The molecule has 1 aromatic heterocycles. The van der Waals surface area contributed by atoms with E-state index in [1.54, 1.807) is 12.4 Å². The SMILES string of the molecule is OC(c1cccnc1)C12CCC(CC1)CN2. The van der Waals surface area contributed by atoms with Gasteiger partial charge in [0, 0.05) is 23.5 Å². The van der Waals surface area contributed by atoms with Crippen molar-refractivity contribution in [3.63, 3.8) is 0 Å². The lowest BCUT2D eigenvalue weighted by molar-refractivity contribution is -0.00892. The highest BCUT2D eigenvalue weighted by Crippen LogP contribution is 2.43. The van der Waals surface area contributed by atoms with Gasteiger partial charge in [0.25, 0.3) is 0 Å². The summed E-state index contributed by atoms with van der Waals surface area (Å²) >= 11 is 0. The van der Waals surface area contributed by atoms with Crippen LogP contribution in [0.25, 0.3) is 0 Å². The maximum absolute atomic E-state index is 10.5. The van der Waals surface area contributed by atoms with E-state index in [1.165, 1.54) is 12.8 Å². The highest BCUT2D eigenvalue weighted by molar-refractivity contribution is 5.19. The van der Waals surface area contributed by atoms with Gasteiger partial charge in [-0.25, -0.2) is 0 Å². The van der Waals surface area contributed by atoms with Gasteiger partial charge in [-0.1, -0.05) is 6.07 Å². The number of rotatable bonds is 2. The van der Waals surface area contributed by atoms with Gasteiger partial charge < -0.3 is 10.4 Å². The molecule has 2 saturated heterocycles. The fourth-order valence-corrected chi connectivity index (χ4v) is 3.15. The van der Waals surface area contributed by atoms with Gasteiger partial charge in [0.2, 0.25) is 0 Å². The molecule has 2 bridgehead atoms. The summed E-state index contributed by atoms with van der Waals surface area (Å²) in [6.45, 7) is 1.07. The van der Waals surface area contributed by atoms with Crippen molar-refractivity contribution < 1.29 is 5.11 Å². The summed E-state index contributed by atoms with van der Waals surface area (Å²) in [6, 6.07) is 3.86. The molecule has 3 heterocycles.